The van der Waals surface area contributed by atoms with Crippen molar-refractivity contribution in [3.8, 4) is 0 Å². The fraction of sp³-hybridized carbons (Fsp3) is 0.562. The highest BCUT2D eigenvalue weighted by Crippen LogP contribution is 2.44. The number of morpholine rings is 1. The van der Waals surface area contributed by atoms with Crippen molar-refractivity contribution in [1.29, 1.82) is 0 Å². The number of ether oxygens (including phenoxy) is 1. The molecule has 2 aliphatic rings. The summed E-state index contributed by atoms with van der Waals surface area (Å²) in [5.74, 6) is 0.0920. The zero-order chi connectivity index (χ0) is 16.5. The summed E-state index contributed by atoms with van der Waals surface area (Å²) >= 11 is 0. The molecule has 0 unspecified atom stereocenters. The SMILES string of the molecule is CCS(=O)(=O)NCc1ccc(C(=O)N2CCOCC23CC3)cc1. The summed E-state index contributed by atoms with van der Waals surface area (Å²) in [5, 5.41) is 0. The van der Waals surface area contributed by atoms with Gasteiger partial charge in [-0.05, 0) is 37.5 Å². The van der Waals surface area contributed by atoms with Gasteiger partial charge < -0.3 is 9.64 Å². The highest BCUT2D eigenvalue weighted by atomic mass is 32.2. The minimum absolute atomic E-state index is 0.0338. The molecule has 1 aliphatic carbocycles. The van der Waals surface area contributed by atoms with Gasteiger partial charge in [0.2, 0.25) is 10.0 Å². The summed E-state index contributed by atoms with van der Waals surface area (Å²) in [7, 11) is -3.21. The Labute approximate surface area is 136 Å². The van der Waals surface area contributed by atoms with Crippen molar-refractivity contribution in [3.63, 3.8) is 0 Å². The van der Waals surface area contributed by atoms with Gasteiger partial charge in [-0.1, -0.05) is 12.1 Å². The number of carbonyl (C=O) groups excluding carboxylic acids is 1. The van der Waals surface area contributed by atoms with Crippen LogP contribution >= 0.6 is 0 Å². The number of amides is 1. The molecule has 1 aromatic carbocycles. The van der Waals surface area contributed by atoms with E-state index in [1.165, 1.54) is 0 Å². The lowest BCUT2D eigenvalue weighted by molar-refractivity contribution is -0.0117. The largest absolute Gasteiger partial charge is 0.377 e. The molecule has 1 N–H and O–H groups in total. The lowest BCUT2D eigenvalue weighted by Crippen LogP contribution is -2.50. The molecule has 1 amide bonds. The predicted molar refractivity (Wildman–Crippen MR) is 86.6 cm³/mol. The lowest BCUT2D eigenvalue weighted by Gasteiger charge is -2.36. The third kappa shape index (κ3) is 3.57. The summed E-state index contributed by atoms with van der Waals surface area (Å²) in [5.41, 5.74) is 1.40. The van der Waals surface area contributed by atoms with E-state index in [9.17, 15) is 13.2 Å². The van der Waals surface area contributed by atoms with Gasteiger partial charge in [0.05, 0.1) is 24.5 Å². The summed E-state index contributed by atoms with van der Waals surface area (Å²) < 4.78 is 30.9. The molecule has 1 aromatic rings. The minimum atomic E-state index is -3.21. The molecule has 3 rings (SSSR count). The first-order valence-corrected chi connectivity index (χ1v) is 9.57. The Morgan fingerprint density at radius 3 is 2.61 bits per heavy atom. The van der Waals surface area contributed by atoms with Crippen LogP contribution in [0.2, 0.25) is 0 Å². The highest BCUT2D eigenvalue weighted by molar-refractivity contribution is 7.89. The fourth-order valence-corrected chi connectivity index (χ4v) is 3.42. The number of sulfonamides is 1. The van der Waals surface area contributed by atoms with E-state index >= 15 is 0 Å². The van der Waals surface area contributed by atoms with Crippen LogP contribution in [0.4, 0.5) is 0 Å². The summed E-state index contributed by atoms with van der Waals surface area (Å²) in [6.45, 7) is 3.70. The molecule has 2 fully saturated rings. The number of nitrogens with zero attached hydrogens (tertiary/aromatic N) is 1. The van der Waals surface area contributed by atoms with Crippen molar-refractivity contribution in [3.05, 3.63) is 35.4 Å². The van der Waals surface area contributed by atoms with E-state index in [4.69, 9.17) is 4.74 Å². The van der Waals surface area contributed by atoms with Gasteiger partial charge in [0.15, 0.2) is 0 Å². The van der Waals surface area contributed by atoms with Crippen molar-refractivity contribution in [2.75, 3.05) is 25.5 Å². The third-order valence-electron chi connectivity index (χ3n) is 4.55. The van der Waals surface area contributed by atoms with Gasteiger partial charge in [-0.3, -0.25) is 4.79 Å². The molecule has 6 nitrogen and oxygen atoms in total. The van der Waals surface area contributed by atoms with Crippen LogP contribution in [-0.4, -0.2) is 50.3 Å². The Morgan fingerprint density at radius 2 is 2.00 bits per heavy atom. The lowest BCUT2D eigenvalue weighted by atomic mass is 10.1. The first-order chi connectivity index (χ1) is 11.0. The van der Waals surface area contributed by atoms with E-state index in [0.717, 1.165) is 18.4 Å². The molecule has 0 radical (unpaired) electrons. The van der Waals surface area contributed by atoms with E-state index in [1.54, 1.807) is 31.2 Å². The Kier molecular flexibility index (Phi) is 4.44. The van der Waals surface area contributed by atoms with Gasteiger partial charge in [-0.2, -0.15) is 0 Å². The van der Waals surface area contributed by atoms with Crippen molar-refractivity contribution in [2.24, 2.45) is 0 Å². The molecule has 126 valence electrons. The van der Waals surface area contributed by atoms with Crippen LogP contribution in [0.25, 0.3) is 0 Å². The molecule has 1 aliphatic heterocycles. The second kappa shape index (κ2) is 6.22. The molecule has 1 heterocycles. The Hall–Kier alpha value is -1.44. The van der Waals surface area contributed by atoms with Crippen LogP contribution in [0.1, 0.15) is 35.7 Å². The van der Waals surface area contributed by atoms with Crippen LogP contribution in [0.3, 0.4) is 0 Å². The zero-order valence-corrected chi connectivity index (χ0v) is 14.1. The summed E-state index contributed by atoms with van der Waals surface area (Å²) in [6.07, 6.45) is 2.02. The Bertz CT molecular complexity index is 681. The van der Waals surface area contributed by atoms with Crippen LogP contribution in [0, 0.1) is 0 Å². The molecule has 23 heavy (non-hydrogen) atoms. The molecule has 1 spiro atoms. The molecule has 0 atom stereocenters. The highest BCUT2D eigenvalue weighted by Gasteiger charge is 2.52. The smallest absolute Gasteiger partial charge is 0.254 e. The second-order valence-corrected chi connectivity index (χ2v) is 8.25. The molecule has 1 saturated carbocycles. The van der Waals surface area contributed by atoms with Crippen LogP contribution in [0.15, 0.2) is 24.3 Å². The molecule has 7 heteroatoms. The van der Waals surface area contributed by atoms with Crippen molar-refractivity contribution >= 4 is 15.9 Å². The fourth-order valence-electron chi connectivity index (χ4n) is 2.82. The predicted octanol–water partition coefficient (Wildman–Crippen LogP) is 1.13. The second-order valence-electron chi connectivity index (χ2n) is 6.16. The number of hydrogen-bond acceptors (Lipinski definition) is 4. The van der Waals surface area contributed by atoms with Crippen LogP contribution in [-0.2, 0) is 21.3 Å². The van der Waals surface area contributed by atoms with Gasteiger partial charge in [0.25, 0.3) is 5.91 Å². The normalized spacial score (nSPS) is 19.8. The quantitative estimate of drug-likeness (QED) is 0.873. The number of benzene rings is 1. The maximum absolute atomic E-state index is 12.7. The van der Waals surface area contributed by atoms with E-state index in [1.807, 2.05) is 4.90 Å². The van der Waals surface area contributed by atoms with Gasteiger partial charge >= 0.3 is 0 Å². The van der Waals surface area contributed by atoms with Crippen molar-refractivity contribution in [1.82, 2.24) is 9.62 Å². The standard InChI is InChI=1S/C16H22N2O4S/c1-2-23(20,21)17-11-13-3-5-14(6-4-13)15(19)18-9-10-22-12-16(18)7-8-16/h3-6,17H,2,7-12H2,1H3. The molecule has 0 aromatic heterocycles. The summed E-state index contributed by atoms with van der Waals surface area (Å²) in [6, 6.07) is 7.13. The molecule has 1 saturated heterocycles. The zero-order valence-electron chi connectivity index (χ0n) is 13.2. The first kappa shape index (κ1) is 16.4. The monoisotopic (exact) mass is 338 g/mol. The molecule has 0 bridgehead atoms. The van der Waals surface area contributed by atoms with Crippen LogP contribution < -0.4 is 4.72 Å². The first-order valence-electron chi connectivity index (χ1n) is 7.92. The van der Waals surface area contributed by atoms with E-state index in [2.05, 4.69) is 4.72 Å². The average Bonchev–Trinajstić information content (AvgIpc) is 3.33. The van der Waals surface area contributed by atoms with Crippen molar-refractivity contribution in [2.45, 2.75) is 31.8 Å². The van der Waals surface area contributed by atoms with Crippen molar-refractivity contribution < 1.29 is 17.9 Å². The summed E-state index contributed by atoms with van der Waals surface area (Å²) in [4.78, 5) is 14.6. The number of nitrogens with one attached hydrogen (secondary N) is 1. The molecular formula is C16H22N2O4S. The topological polar surface area (TPSA) is 75.7 Å². The van der Waals surface area contributed by atoms with Gasteiger partial charge in [-0.15, -0.1) is 0 Å². The van der Waals surface area contributed by atoms with Gasteiger partial charge in [-0.25, -0.2) is 13.1 Å². The Morgan fingerprint density at radius 1 is 1.30 bits per heavy atom. The van der Waals surface area contributed by atoms with E-state index in [-0.39, 0.29) is 23.7 Å². The number of rotatable bonds is 5. The maximum atomic E-state index is 12.7. The minimum Gasteiger partial charge on any atom is -0.377 e. The average molecular weight is 338 g/mol. The van der Waals surface area contributed by atoms with Gasteiger partial charge in [0, 0.05) is 18.7 Å². The maximum Gasteiger partial charge on any atom is 0.254 e. The number of carbonyl (C=O) groups is 1. The molecular weight excluding hydrogens is 316 g/mol. The van der Waals surface area contributed by atoms with Crippen LogP contribution in [0.5, 0.6) is 0 Å². The van der Waals surface area contributed by atoms with E-state index < -0.39 is 10.0 Å². The number of hydrogen-bond donors (Lipinski definition) is 1. The third-order valence-corrected chi connectivity index (χ3v) is 5.90. The Balaban J connectivity index is 1.66. The van der Waals surface area contributed by atoms with Gasteiger partial charge in [0.1, 0.15) is 0 Å². The van der Waals surface area contributed by atoms with E-state index in [0.29, 0.717) is 25.3 Å².